The monoisotopic (exact) mass is 332 g/mol. The lowest BCUT2D eigenvalue weighted by Crippen LogP contribution is -2.36. The minimum atomic E-state index is -0.131. The summed E-state index contributed by atoms with van der Waals surface area (Å²) in [4.78, 5) is 22.4. The number of carbonyl (C=O) groups is 1. The van der Waals surface area contributed by atoms with Crippen LogP contribution >= 0.6 is 11.6 Å². The summed E-state index contributed by atoms with van der Waals surface area (Å²) in [6, 6.07) is 5.49. The first kappa shape index (κ1) is 14.2. The van der Waals surface area contributed by atoms with E-state index >= 15 is 0 Å². The molecule has 2 aliphatic heterocycles. The van der Waals surface area contributed by atoms with Crippen LogP contribution in [0.25, 0.3) is 0 Å². The molecule has 0 saturated heterocycles. The van der Waals surface area contributed by atoms with Crippen LogP contribution in [0, 0.1) is 0 Å². The summed E-state index contributed by atoms with van der Waals surface area (Å²) in [7, 11) is 1.58. The lowest BCUT2D eigenvalue weighted by atomic mass is 10.1. The van der Waals surface area contributed by atoms with Crippen LogP contribution in [-0.2, 0) is 22.7 Å². The minimum Gasteiger partial charge on any atom is -0.497 e. The van der Waals surface area contributed by atoms with E-state index in [2.05, 4.69) is 15.3 Å². The van der Waals surface area contributed by atoms with Crippen LogP contribution < -0.4 is 15.0 Å². The summed E-state index contributed by atoms with van der Waals surface area (Å²) >= 11 is 6.03. The number of benzene rings is 1. The van der Waals surface area contributed by atoms with Crippen molar-refractivity contribution in [3.05, 3.63) is 34.7 Å². The van der Waals surface area contributed by atoms with Crippen molar-refractivity contribution in [2.75, 3.05) is 23.9 Å². The molecule has 8 heteroatoms. The molecule has 4 rings (SSSR count). The van der Waals surface area contributed by atoms with Crippen LogP contribution in [0.15, 0.2) is 18.2 Å². The van der Waals surface area contributed by atoms with Gasteiger partial charge in [0, 0.05) is 11.6 Å². The second kappa shape index (κ2) is 5.36. The van der Waals surface area contributed by atoms with Crippen molar-refractivity contribution in [2.45, 2.75) is 13.2 Å². The van der Waals surface area contributed by atoms with E-state index in [0.29, 0.717) is 30.5 Å². The number of carbonyl (C=O) groups excluding carboxylic acids is 1. The van der Waals surface area contributed by atoms with Gasteiger partial charge in [-0.2, -0.15) is 4.98 Å². The summed E-state index contributed by atoms with van der Waals surface area (Å²) in [5.74, 6) is 1.15. The number of ether oxygens (including phenoxy) is 2. The van der Waals surface area contributed by atoms with E-state index in [4.69, 9.17) is 21.1 Å². The average molecular weight is 333 g/mol. The molecule has 0 atom stereocenters. The lowest BCUT2D eigenvalue weighted by molar-refractivity contribution is -0.115. The molecule has 7 nitrogen and oxygen atoms in total. The number of fused-ring (bicyclic) bond motifs is 2. The smallest absolute Gasteiger partial charge is 0.244 e. The van der Waals surface area contributed by atoms with Crippen LogP contribution in [0.1, 0.15) is 11.3 Å². The van der Waals surface area contributed by atoms with Crippen molar-refractivity contribution in [2.24, 2.45) is 0 Å². The average Bonchev–Trinajstić information content (AvgIpc) is 3.00. The summed E-state index contributed by atoms with van der Waals surface area (Å²) in [5.41, 5.74) is 3.13. The van der Waals surface area contributed by atoms with Crippen LogP contribution in [0.4, 0.5) is 17.2 Å². The zero-order valence-electron chi connectivity index (χ0n) is 12.3. The van der Waals surface area contributed by atoms with Gasteiger partial charge in [-0.25, -0.2) is 4.98 Å². The normalized spacial score (nSPS) is 15.9. The number of nitrogens with one attached hydrogen (secondary N) is 1. The highest BCUT2D eigenvalue weighted by molar-refractivity contribution is 6.28. The van der Waals surface area contributed by atoms with Gasteiger partial charge >= 0.3 is 0 Å². The number of aromatic nitrogens is 2. The van der Waals surface area contributed by atoms with Crippen molar-refractivity contribution in [3.63, 3.8) is 0 Å². The molecule has 0 fully saturated rings. The number of hydrogen-bond donors (Lipinski definition) is 1. The molecule has 0 radical (unpaired) electrons. The second-order valence-corrected chi connectivity index (χ2v) is 5.59. The summed E-state index contributed by atoms with van der Waals surface area (Å²) in [6.45, 7) is 0.963. The quantitative estimate of drug-likeness (QED) is 0.850. The predicted octanol–water partition coefficient (Wildman–Crippen LogP) is 2.26. The maximum Gasteiger partial charge on any atom is 0.244 e. The fraction of sp³-hybridized carbons (Fsp3) is 0.267. The number of nitrogens with zero attached hydrogens (tertiary/aromatic N) is 3. The van der Waals surface area contributed by atoms with Gasteiger partial charge in [-0.3, -0.25) is 4.79 Å². The first-order valence-corrected chi connectivity index (χ1v) is 7.42. The predicted molar refractivity (Wildman–Crippen MR) is 84.2 cm³/mol. The molecule has 1 amide bonds. The van der Waals surface area contributed by atoms with Crippen LogP contribution in [0.2, 0.25) is 5.28 Å². The molecular formula is C15H13ClN4O3. The van der Waals surface area contributed by atoms with Crippen LogP contribution in [-0.4, -0.2) is 29.5 Å². The SMILES string of the molecule is COc1ccc2c(c1)NC(=O)CN2c1nc(Cl)nc2c1COC2. The Kier molecular flexibility index (Phi) is 3.32. The first-order valence-electron chi connectivity index (χ1n) is 7.04. The van der Waals surface area contributed by atoms with E-state index in [1.54, 1.807) is 13.2 Å². The fourth-order valence-electron chi connectivity index (χ4n) is 2.81. The van der Waals surface area contributed by atoms with Gasteiger partial charge in [0.15, 0.2) is 0 Å². The molecule has 1 aromatic heterocycles. The summed E-state index contributed by atoms with van der Waals surface area (Å²) in [6.07, 6.45) is 0. The number of hydrogen-bond acceptors (Lipinski definition) is 6. The molecule has 2 aliphatic rings. The zero-order valence-corrected chi connectivity index (χ0v) is 13.1. The van der Waals surface area contributed by atoms with Crippen molar-refractivity contribution in [3.8, 4) is 5.75 Å². The molecule has 2 aromatic rings. The van der Waals surface area contributed by atoms with Gasteiger partial charge in [0.1, 0.15) is 18.1 Å². The Hall–Kier alpha value is -2.38. The van der Waals surface area contributed by atoms with Gasteiger partial charge in [-0.1, -0.05) is 0 Å². The van der Waals surface area contributed by atoms with Crippen molar-refractivity contribution in [1.29, 1.82) is 0 Å². The molecule has 0 saturated carbocycles. The molecule has 0 bridgehead atoms. The molecule has 0 unspecified atom stereocenters. The van der Waals surface area contributed by atoms with E-state index in [1.807, 2.05) is 17.0 Å². The minimum absolute atomic E-state index is 0.131. The Labute approximate surface area is 137 Å². The van der Waals surface area contributed by atoms with E-state index < -0.39 is 0 Å². The Morgan fingerprint density at radius 1 is 1.35 bits per heavy atom. The number of anilines is 3. The van der Waals surface area contributed by atoms with Gasteiger partial charge in [-0.15, -0.1) is 0 Å². The standard InChI is InChI=1S/C15H13ClN4O3/c1-22-8-2-3-12-10(4-8)17-13(21)5-20(12)14-9-6-23-7-11(9)18-15(16)19-14/h2-4H,5-7H2,1H3,(H,17,21). The number of rotatable bonds is 2. The van der Waals surface area contributed by atoms with Crippen molar-refractivity contribution >= 4 is 34.7 Å². The maximum atomic E-state index is 12.1. The molecule has 3 heterocycles. The van der Waals surface area contributed by atoms with E-state index in [0.717, 1.165) is 16.9 Å². The Balaban J connectivity index is 1.87. The topological polar surface area (TPSA) is 76.6 Å². The molecular weight excluding hydrogens is 320 g/mol. The third-order valence-corrected chi connectivity index (χ3v) is 4.02. The lowest BCUT2D eigenvalue weighted by Gasteiger charge is -2.31. The zero-order chi connectivity index (χ0) is 16.0. The van der Waals surface area contributed by atoms with E-state index in [1.165, 1.54) is 0 Å². The highest BCUT2D eigenvalue weighted by Crippen LogP contribution is 2.39. The van der Waals surface area contributed by atoms with E-state index in [9.17, 15) is 4.79 Å². The largest absolute Gasteiger partial charge is 0.497 e. The second-order valence-electron chi connectivity index (χ2n) is 5.25. The van der Waals surface area contributed by atoms with Gasteiger partial charge < -0.3 is 19.7 Å². The Morgan fingerprint density at radius 2 is 2.22 bits per heavy atom. The number of methoxy groups -OCH3 is 1. The molecule has 0 aliphatic carbocycles. The fourth-order valence-corrected chi connectivity index (χ4v) is 3.00. The van der Waals surface area contributed by atoms with E-state index in [-0.39, 0.29) is 17.7 Å². The van der Waals surface area contributed by atoms with Gasteiger partial charge in [0.2, 0.25) is 11.2 Å². The van der Waals surface area contributed by atoms with Crippen LogP contribution in [0.5, 0.6) is 5.75 Å². The van der Waals surface area contributed by atoms with Crippen LogP contribution in [0.3, 0.4) is 0 Å². The third kappa shape index (κ3) is 2.38. The molecule has 1 aromatic carbocycles. The number of amides is 1. The van der Waals surface area contributed by atoms with Crippen molar-refractivity contribution < 1.29 is 14.3 Å². The summed E-state index contributed by atoms with van der Waals surface area (Å²) < 4.78 is 10.7. The van der Waals surface area contributed by atoms with Gasteiger partial charge in [0.25, 0.3) is 0 Å². The molecule has 1 N–H and O–H groups in total. The Bertz CT molecular complexity index is 812. The molecule has 0 spiro atoms. The van der Waals surface area contributed by atoms with Gasteiger partial charge in [0.05, 0.1) is 37.4 Å². The first-order chi connectivity index (χ1) is 11.2. The highest BCUT2D eigenvalue weighted by atomic mass is 35.5. The molecule has 118 valence electrons. The molecule has 23 heavy (non-hydrogen) atoms. The van der Waals surface area contributed by atoms with Crippen molar-refractivity contribution in [1.82, 2.24) is 9.97 Å². The number of halogens is 1. The highest BCUT2D eigenvalue weighted by Gasteiger charge is 2.29. The maximum absolute atomic E-state index is 12.1. The third-order valence-electron chi connectivity index (χ3n) is 3.85. The van der Waals surface area contributed by atoms with Gasteiger partial charge in [-0.05, 0) is 23.7 Å². The Morgan fingerprint density at radius 3 is 3.04 bits per heavy atom. The summed E-state index contributed by atoms with van der Waals surface area (Å²) in [5, 5.41) is 2.99.